The highest BCUT2D eigenvalue weighted by Gasteiger charge is 2.24. The van der Waals surface area contributed by atoms with E-state index in [1.54, 1.807) is 0 Å². The minimum absolute atomic E-state index is 0.240. The average Bonchev–Trinajstić information content (AvgIpc) is 2.84. The van der Waals surface area contributed by atoms with Crippen molar-refractivity contribution in [3.8, 4) is 0 Å². The molecule has 1 aliphatic rings. The van der Waals surface area contributed by atoms with Crippen molar-refractivity contribution in [2.45, 2.75) is 43.3 Å². The maximum Gasteiger partial charge on any atom is 0.477 e. The molecule has 18 heavy (non-hydrogen) atoms. The van der Waals surface area contributed by atoms with E-state index in [4.69, 9.17) is 15.2 Å². The fourth-order valence-corrected chi connectivity index (χ4v) is 4.74. The molecule has 1 rings (SSSR count). The smallest absolute Gasteiger partial charge is 0.426 e. The second-order valence-electron chi connectivity index (χ2n) is 4.34. The van der Waals surface area contributed by atoms with Crippen LogP contribution in [0.2, 0.25) is 0 Å². The first-order chi connectivity index (χ1) is 8.63. The van der Waals surface area contributed by atoms with E-state index in [-0.39, 0.29) is 5.91 Å². The van der Waals surface area contributed by atoms with Crippen LogP contribution in [0.25, 0.3) is 0 Å². The quantitative estimate of drug-likeness (QED) is 0.290. The Hall–Kier alpha value is 0.115. The fourth-order valence-electron chi connectivity index (χ4n) is 1.72. The van der Waals surface area contributed by atoms with Crippen molar-refractivity contribution in [2.75, 3.05) is 12.4 Å². The Kier molecular flexibility index (Phi) is 8.16. The summed E-state index contributed by atoms with van der Waals surface area (Å²) in [7, 11) is 2.13. The van der Waals surface area contributed by atoms with Gasteiger partial charge in [0, 0.05) is 17.4 Å². The summed E-state index contributed by atoms with van der Waals surface area (Å²) in [5, 5.41) is 29.6. The van der Waals surface area contributed by atoms with Crippen molar-refractivity contribution in [3.63, 3.8) is 0 Å². The topological polar surface area (TPSA) is 89.8 Å². The highest BCUT2D eigenvalue weighted by atomic mass is 33.1. The van der Waals surface area contributed by atoms with Gasteiger partial charge in [0.05, 0.1) is 12.5 Å². The van der Waals surface area contributed by atoms with Crippen LogP contribution in [-0.2, 0) is 4.79 Å². The van der Waals surface area contributed by atoms with Gasteiger partial charge in [-0.15, -0.1) is 0 Å². The molecular weight excluding hydrogens is 273 g/mol. The Bertz CT molecular complexity index is 252. The lowest BCUT2D eigenvalue weighted by atomic mass is 9.80. The lowest BCUT2D eigenvalue weighted by molar-refractivity contribution is -0.121. The van der Waals surface area contributed by atoms with Crippen molar-refractivity contribution >= 4 is 34.6 Å². The summed E-state index contributed by atoms with van der Waals surface area (Å²) < 4.78 is 0. The number of nitrogens with one attached hydrogen (secondary N) is 1. The number of aliphatic hydroxyl groups excluding tert-OH is 1. The molecule has 0 saturated carbocycles. The van der Waals surface area contributed by atoms with E-state index in [2.05, 4.69) is 5.32 Å². The van der Waals surface area contributed by atoms with Gasteiger partial charge in [0.2, 0.25) is 5.91 Å². The van der Waals surface area contributed by atoms with E-state index in [1.165, 1.54) is 12.2 Å². The van der Waals surface area contributed by atoms with Gasteiger partial charge in [-0.05, 0) is 19.3 Å². The summed E-state index contributed by atoms with van der Waals surface area (Å²) in [6, 6.07) is 0. The van der Waals surface area contributed by atoms with Crippen molar-refractivity contribution in [1.29, 1.82) is 0 Å². The summed E-state index contributed by atoms with van der Waals surface area (Å²) in [4.78, 5) is 11.5. The van der Waals surface area contributed by atoms with Crippen LogP contribution in [0, 0.1) is 0 Å². The first-order valence-corrected chi connectivity index (χ1v) is 8.56. The summed E-state index contributed by atoms with van der Waals surface area (Å²) in [5.41, 5.74) is 0. The summed E-state index contributed by atoms with van der Waals surface area (Å²) in [6.45, 7) is -0.473. The SMILES string of the molecule is O=C(CCCCC1CCSS1)N[C@H](CO)B(O)O. The molecule has 1 fully saturated rings. The van der Waals surface area contributed by atoms with Crippen molar-refractivity contribution < 1.29 is 19.9 Å². The fraction of sp³-hybridized carbons (Fsp3) is 0.900. The molecule has 8 heteroatoms. The molecule has 0 spiro atoms. The van der Waals surface area contributed by atoms with E-state index in [9.17, 15) is 4.79 Å². The Morgan fingerprint density at radius 1 is 1.44 bits per heavy atom. The van der Waals surface area contributed by atoms with Gasteiger partial charge in [-0.3, -0.25) is 4.79 Å². The van der Waals surface area contributed by atoms with E-state index in [0.29, 0.717) is 6.42 Å². The van der Waals surface area contributed by atoms with Crippen molar-refractivity contribution in [1.82, 2.24) is 5.32 Å². The normalized spacial score (nSPS) is 20.7. The Balaban J connectivity index is 2.05. The molecule has 1 aliphatic heterocycles. The average molecular weight is 293 g/mol. The van der Waals surface area contributed by atoms with Gasteiger partial charge in [-0.2, -0.15) is 0 Å². The lowest BCUT2D eigenvalue weighted by Crippen LogP contribution is -2.48. The van der Waals surface area contributed by atoms with Crippen LogP contribution in [0.3, 0.4) is 0 Å². The summed E-state index contributed by atoms with van der Waals surface area (Å²) in [5.74, 6) is -0.00236. The lowest BCUT2D eigenvalue weighted by Gasteiger charge is -2.14. The molecule has 0 aromatic rings. The predicted molar refractivity (Wildman–Crippen MR) is 76.1 cm³/mol. The monoisotopic (exact) mass is 293 g/mol. The van der Waals surface area contributed by atoms with Gasteiger partial charge in [0.25, 0.3) is 0 Å². The molecule has 104 valence electrons. The number of amides is 1. The van der Waals surface area contributed by atoms with Crippen molar-refractivity contribution in [2.24, 2.45) is 0 Å². The van der Waals surface area contributed by atoms with Crippen LogP contribution in [-0.4, -0.2) is 51.7 Å². The Morgan fingerprint density at radius 3 is 2.78 bits per heavy atom. The third-order valence-electron chi connectivity index (χ3n) is 2.81. The molecular formula is C10H20BNO4S2. The molecule has 0 aromatic carbocycles. The van der Waals surface area contributed by atoms with Crippen LogP contribution in [0.15, 0.2) is 0 Å². The van der Waals surface area contributed by atoms with Gasteiger partial charge in [-0.1, -0.05) is 28.0 Å². The Labute approximate surface area is 116 Å². The molecule has 0 aromatic heterocycles. The highest BCUT2D eigenvalue weighted by molar-refractivity contribution is 8.77. The highest BCUT2D eigenvalue weighted by Crippen LogP contribution is 2.39. The maximum absolute atomic E-state index is 11.5. The Morgan fingerprint density at radius 2 is 2.22 bits per heavy atom. The van der Waals surface area contributed by atoms with Gasteiger partial charge >= 0.3 is 7.12 Å². The third kappa shape index (κ3) is 6.33. The first-order valence-electron chi connectivity index (χ1n) is 6.18. The van der Waals surface area contributed by atoms with Crippen LogP contribution in [0.4, 0.5) is 0 Å². The minimum atomic E-state index is -1.72. The molecule has 5 nitrogen and oxygen atoms in total. The van der Waals surface area contributed by atoms with Gasteiger partial charge < -0.3 is 20.5 Å². The maximum atomic E-state index is 11.5. The van der Waals surface area contributed by atoms with Crippen molar-refractivity contribution in [3.05, 3.63) is 0 Å². The number of carbonyl (C=O) groups is 1. The second kappa shape index (κ2) is 9.09. The molecule has 2 atom stereocenters. The van der Waals surface area contributed by atoms with Crippen LogP contribution in [0.1, 0.15) is 32.1 Å². The zero-order chi connectivity index (χ0) is 13.4. The third-order valence-corrected chi connectivity index (χ3v) is 5.82. The molecule has 0 aliphatic carbocycles. The van der Waals surface area contributed by atoms with Crippen LogP contribution >= 0.6 is 21.6 Å². The first kappa shape index (κ1) is 16.2. The number of hydrogen-bond acceptors (Lipinski definition) is 6. The molecule has 4 N–H and O–H groups in total. The zero-order valence-corrected chi connectivity index (χ0v) is 11.9. The minimum Gasteiger partial charge on any atom is -0.426 e. The zero-order valence-electron chi connectivity index (χ0n) is 10.2. The summed E-state index contributed by atoms with van der Waals surface area (Å²) in [6.07, 6.45) is 4.57. The molecule has 1 unspecified atom stereocenters. The molecule has 1 saturated heterocycles. The standard InChI is InChI=1S/C10H20BNO4S2/c13-7-9(11(15)16)12-10(14)4-2-1-3-8-5-6-17-18-8/h8-9,13,15-16H,1-7H2,(H,12,14)/t8?,9-/m1/s1. The molecule has 1 heterocycles. The predicted octanol–water partition coefficient (Wildman–Crippen LogP) is 0.190. The molecule has 0 radical (unpaired) electrons. The number of rotatable bonds is 8. The van der Waals surface area contributed by atoms with E-state index < -0.39 is 19.7 Å². The van der Waals surface area contributed by atoms with Gasteiger partial charge in [0.15, 0.2) is 0 Å². The molecule has 1 amide bonds. The van der Waals surface area contributed by atoms with E-state index in [0.717, 1.165) is 24.5 Å². The number of carbonyl (C=O) groups excluding carboxylic acids is 1. The number of aliphatic hydroxyl groups is 1. The number of unbranched alkanes of at least 4 members (excludes halogenated alkanes) is 1. The van der Waals surface area contributed by atoms with Crippen LogP contribution in [0.5, 0.6) is 0 Å². The van der Waals surface area contributed by atoms with Gasteiger partial charge in [-0.25, -0.2) is 0 Å². The summed E-state index contributed by atoms with van der Waals surface area (Å²) >= 11 is 0. The number of hydrogen-bond donors (Lipinski definition) is 4. The van der Waals surface area contributed by atoms with E-state index >= 15 is 0 Å². The van der Waals surface area contributed by atoms with Crippen LogP contribution < -0.4 is 5.32 Å². The second-order valence-corrected chi connectivity index (χ2v) is 7.13. The largest absolute Gasteiger partial charge is 0.477 e. The molecule has 0 bridgehead atoms. The van der Waals surface area contributed by atoms with E-state index in [1.807, 2.05) is 21.6 Å². The van der Waals surface area contributed by atoms with Gasteiger partial charge in [0.1, 0.15) is 0 Å².